The number of benzene rings is 1. The summed E-state index contributed by atoms with van der Waals surface area (Å²) in [5, 5.41) is 0. The molecule has 0 aromatic heterocycles. The van der Waals surface area contributed by atoms with Crippen LogP contribution in [0.3, 0.4) is 0 Å². The standard InChI is InChI=1S/C6H7NO3S.Na.H2O/c7-5-2-1-3-6(4-5)11(8,9)10;;/h1-4H,7H2,(H,8,9,10);;1H2/q;+1;/p-1. The second-order valence-electron chi connectivity index (χ2n) is 2.03. The maximum Gasteiger partial charge on any atom is 1.00 e. The summed E-state index contributed by atoms with van der Waals surface area (Å²) < 4.78 is 31.1. The smallest absolute Gasteiger partial charge is 0.744 e. The average molecular weight is 213 g/mol. The zero-order chi connectivity index (χ0) is 8.48. The quantitative estimate of drug-likeness (QED) is 0.294. The molecule has 0 spiro atoms. The largest absolute Gasteiger partial charge is 1.00 e. The van der Waals surface area contributed by atoms with E-state index in [0.717, 1.165) is 6.07 Å². The van der Waals surface area contributed by atoms with Crippen molar-refractivity contribution < 1.29 is 48.0 Å². The van der Waals surface area contributed by atoms with E-state index in [1.165, 1.54) is 18.2 Å². The Hall–Kier alpha value is -0.110. The van der Waals surface area contributed by atoms with E-state index in [2.05, 4.69) is 0 Å². The van der Waals surface area contributed by atoms with Gasteiger partial charge in [-0.3, -0.25) is 0 Å². The first kappa shape index (κ1) is 15.4. The van der Waals surface area contributed by atoms with Crippen molar-refractivity contribution in [3.63, 3.8) is 0 Å². The van der Waals surface area contributed by atoms with Gasteiger partial charge in [0.2, 0.25) is 0 Å². The minimum atomic E-state index is -4.36. The summed E-state index contributed by atoms with van der Waals surface area (Å²) in [6.45, 7) is 0. The van der Waals surface area contributed by atoms with Gasteiger partial charge in [0.05, 0.1) is 4.90 Å². The summed E-state index contributed by atoms with van der Waals surface area (Å²) in [4.78, 5) is -0.294. The zero-order valence-electron chi connectivity index (χ0n) is 7.02. The SMILES string of the molecule is Nc1cccc(S(=O)(=O)[O-])c1.O.[Na+]. The molecule has 13 heavy (non-hydrogen) atoms. The van der Waals surface area contributed by atoms with Gasteiger partial charge < -0.3 is 15.8 Å². The molecule has 0 bridgehead atoms. The fraction of sp³-hybridized carbons (Fsp3) is 0. The molecule has 0 aliphatic heterocycles. The van der Waals surface area contributed by atoms with Crippen molar-refractivity contribution in [1.29, 1.82) is 0 Å². The van der Waals surface area contributed by atoms with Crippen LogP contribution in [-0.4, -0.2) is 18.4 Å². The third-order valence-electron chi connectivity index (χ3n) is 1.15. The molecule has 0 unspecified atom stereocenters. The van der Waals surface area contributed by atoms with Gasteiger partial charge in [0.15, 0.2) is 0 Å². The number of nitrogen functional groups attached to an aromatic ring is 1. The molecule has 4 N–H and O–H groups in total. The maximum atomic E-state index is 10.4. The van der Waals surface area contributed by atoms with Crippen LogP contribution in [0.15, 0.2) is 29.2 Å². The van der Waals surface area contributed by atoms with Crippen LogP contribution in [0.25, 0.3) is 0 Å². The van der Waals surface area contributed by atoms with E-state index in [9.17, 15) is 13.0 Å². The minimum Gasteiger partial charge on any atom is -0.744 e. The maximum absolute atomic E-state index is 10.4. The fourth-order valence-corrected chi connectivity index (χ4v) is 1.20. The molecule has 68 valence electrons. The monoisotopic (exact) mass is 213 g/mol. The summed E-state index contributed by atoms with van der Waals surface area (Å²) in [6, 6.07) is 5.26. The van der Waals surface area contributed by atoms with Crippen molar-refractivity contribution >= 4 is 15.8 Å². The molecule has 0 saturated heterocycles. The van der Waals surface area contributed by atoms with E-state index in [-0.39, 0.29) is 45.6 Å². The Bertz CT molecular complexity index is 365. The normalized spacial score (nSPS) is 9.62. The van der Waals surface area contributed by atoms with Crippen LogP contribution < -0.4 is 35.3 Å². The molecule has 0 heterocycles. The molecule has 0 amide bonds. The molecule has 1 aromatic carbocycles. The van der Waals surface area contributed by atoms with E-state index >= 15 is 0 Å². The third kappa shape index (κ3) is 4.61. The second-order valence-corrected chi connectivity index (χ2v) is 3.41. The van der Waals surface area contributed by atoms with Crippen LogP contribution in [0.5, 0.6) is 0 Å². The summed E-state index contributed by atoms with van der Waals surface area (Å²) in [5.41, 5.74) is 5.52. The molecular formula is C6H8NNaO4S. The Morgan fingerprint density at radius 3 is 2.15 bits per heavy atom. The van der Waals surface area contributed by atoms with Crippen molar-refractivity contribution in [3.05, 3.63) is 24.3 Å². The van der Waals surface area contributed by atoms with Crippen LogP contribution >= 0.6 is 0 Å². The molecular weight excluding hydrogens is 205 g/mol. The first-order chi connectivity index (χ1) is 5.00. The molecule has 1 aromatic rings. The topological polar surface area (TPSA) is 115 Å². The Labute approximate surface area is 98.3 Å². The summed E-state index contributed by atoms with van der Waals surface area (Å²) in [5.74, 6) is 0. The van der Waals surface area contributed by atoms with Crippen LogP contribution in [-0.2, 0) is 10.1 Å². The van der Waals surface area contributed by atoms with Crippen molar-refractivity contribution in [1.82, 2.24) is 0 Å². The third-order valence-corrected chi connectivity index (χ3v) is 1.98. The Morgan fingerprint density at radius 2 is 1.85 bits per heavy atom. The summed E-state index contributed by atoms with van der Waals surface area (Å²) in [6.07, 6.45) is 0. The van der Waals surface area contributed by atoms with Gasteiger partial charge in [-0.1, -0.05) is 6.07 Å². The number of hydrogen-bond acceptors (Lipinski definition) is 4. The number of anilines is 1. The Kier molecular flexibility index (Phi) is 6.60. The van der Waals surface area contributed by atoms with Crippen LogP contribution in [0.2, 0.25) is 0 Å². The van der Waals surface area contributed by atoms with Gasteiger partial charge in [0.1, 0.15) is 10.1 Å². The first-order valence-corrected chi connectivity index (χ1v) is 4.22. The molecule has 0 saturated carbocycles. The number of hydrogen-bond donors (Lipinski definition) is 1. The van der Waals surface area contributed by atoms with Crippen LogP contribution in [0.1, 0.15) is 0 Å². The van der Waals surface area contributed by atoms with Gasteiger partial charge in [-0.15, -0.1) is 0 Å². The molecule has 0 atom stereocenters. The van der Waals surface area contributed by atoms with Gasteiger partial charge in [0, 0.05) is 5.69 Å². The van der Waals surface area contributed by atoms with Crippen molar-refractivity contribution in [2.75, 3.05) is 5.73 Å². The van der Waals surface area contributed by atoms with E-state index in [0.29, 0.717) is 0 Å². The van der Waals surface area contributed by atoms with Gasteiger partial charge in [0.25, 0.3) is 0 Å². The van der Waals surface area contributed by atoms with Crippen molar-refractivity contribution in [2.45, 2.75) is 4.90 Å². The first-order valence-electron chi connectivity index (χ1n) is 2.81. The van der Waals surface area contributed by atoms with Gasteiger partial charge in [-0.25, -0.2) is 8.42 Å². The van der Waals surface area contributed by atoms with Gasteiger partial charge in [-0.05, 0) is 18.2 Å². The van der Waals surface area contributed by atoms with Crippen molar-refractivity contribution in [2.24, 2.45) is 0 Å². The molecule has 7 heteroatoms. The molecule has 0 aliphatic rings. The van der Waals surface area contributed by atoms with Gasteiger partial charge >= 0.3 is 29.6 Å². The zero-order valence-corrected chi connectivity index (χ0v) is 9.84. The van der Waals surface area contributed by atoms with Crippen LogP contribution in [0.4, 0.5) is 5.69 Å². The van der Waals surface area contributed by atoms with E-state index in [1.54, 1.807) is 0 Å². The molecule has 5 nitrogen and oxygen atoms in total. The Balaban J connectivity index is 0. The van der Waals surface area contributed by atoms with Crippen molar-refractivity contribution in [3.8, 4) is 0 Å². The average Bonchev–Trinajstić information content (AvgIpc) is 1.86. The summed E-state index contributed by atoms with van der Waals surface area (Å²) in [7, 11) is -4.36. The summed E-state index contributed by atoms with van der Waals surface area (Å²) >= 11 is 0. The number of nitrogens with two attached hydrogens (primary N) is 1. The predicted molar refractivity (Wildman–Crippen MR) is 42.4 cm³/mol. The molecule has 1 rings (SSSR count). The van der Waals surface area contributed by atoms with E-state index < -0.39 is 10.1 Å². The van der Waals surface area contributed by atoms with Crippen LogP contribution in [0, 0.1) is 0 Å². The minimum absolute atomic E-state index is 0. The predicted octanol–water partition coefficient (Wildman–Crippen LogP) is -3.65. The second kappa shape index (κ2) is 5.58. The van der Waals surface area contributed by atoms with Gasteiger partial charge in [-0.2, -0.15) is 0 Å². The fourth-order valence-electron chi connectivity index (χ4n) is 0.670. The number of rotatable bonds is 1. The van der Waals surface area contributed by atoms with E-state index in [1.807, 2.05) is 0 Å². The molecule has 0 fully saturated rings. The Morgan fingerprint density at radius 1 is 1.31 bits per heavy atom. The molecule has 0 aliphatic carbocycles. The molecule has 0 radical (unpaired) electrons. The van der Waals surface area contributed by atoms with E-state index in [4.69, 9.17) is 5.73 Å².